The van der Waals surface area contributed by atoms with Crippen LogP contribution in [0.15, 0.2) is 12.2 Å². The maximum Gasteiger partial charge on any atom is 0.220 e. The lowest BCUT2D eigenvalue weighted by molar-refractivity contribution is -0.126. The van der Waals surface area contributed by atoms with E-state index in [0.717, 1.165) is 32.1 Å². The lowest BCUT2D eigenvalue weighted by Gasteiger charge is -2.13. The minimum absolute atomic E-state index is 0.153. The summed E-state index contributed by atoms with van der Waals surface area (Å²) in [7, 11) is 0. The van der Waals surface area contributed by atoms with Crippen LogP contribution >= 0.6 is 0 Å². The molecule has 0 aromatic rings. The summed E-state index contributed by atoms with van der Waals surface area (Å²) < 4.78 is 0. The van der Waals surface area contributed by atoms with Gasteiger partial charge in [0.2, 0.25) is 5.91 Å². The molecule has 1 atom stereocenters. The SMILES string of the molecule is CCCCCCCCCCCCC/C=C/C(=O)[C@H](CO)NC(=O)CCCCC. The number of aliphatic hydroxyl groups excluding tert-OH is 1. The molecule has 0 fully saturated rings. The molecule has 0 aromatic heterocycles. The van der Waals surface area contributed by atoms with Crippen molar-refractivity contribution in [1.82, 2.24) is 5.32 Å². The number of rotatable bonds is 20. The van der Waals surface area contributed by atoms with Crippen molar-refractivity contribution in [3.8, 4) is 0 Å². The Morgan fingerprint density at radius 1 is 0.786 bits per heavy atom. The van der Waals surface area contributed by atoms with Crippen LogP contribution in [0.3, 0.4) is 0 Å². The van der Waals surface area contributed by atoms with Gasteiger partial charge in [-0.1, -0.05) is 97.0 Å². The number of carbonyl (C=O) groups is 2. The summed E-state index contributed by atoms with van der Waals surface area (Å²) in [5.74, 6) is -0.367. The highest BCUT2D eigenvalue weighted by molar-refractivity contribution is 5.96. The second kappa shape index (κ2) is 20.6. The molecule has 2 N–H and O–H groups in total. The highest BCUT2D eigenvalue weighted by Crippen LogP contribution is 2.12. The Morgan fingerprint density at radius 2 is 1.29 bits per heavy atom. The van der Waals surface area contributed by atoms with E-state index in [9.17, 15) is 14.7 Å². The maximum absolute atomic E-state index is 12.1. The summed E-state index contributed by atoms with van der Waals surface area (Å²) in [5, 5.41) is 12.0. The van der Waals surface area contributed by atoms with E-state index >= 15 is 0 Å². The van der Waals surface area contributed by atoms with Gasteiger partial charge >= 0.3 is 0 Å². The maximum atomic E-state index is 12.1. The minimum Gasteiger partial charge on any atom is -0.394 e. The fourth-order valence-corrected chi connectivity index (χ4v) is 3.25. The van der Waals surface area contributed by atoms with Crippen molar-refractivity contribution in [3.05, 3.63) is 12.2 Å². The smallest absolute Gasteiger partial charge is 0.220 e. The average molecular weight is 396 g/mol. The second-order valence-electron chi connectivity index (χ2n) is 7.89. The van der Waals surface area contributed by atoms with Crippen molar-refractivity contribution in [2.75, 3.05) is 6.61 Å². The van der Waals surface area contributed by atoms with Gasteiger partial charge < -0.3 is 10.4 Å². The molecular weight excluding hydrogens is 350 g/mol. The molecule has 4 heteroatoms. The Kier molecular flexibility index (Phi) is 19.7. The van der Waals surface area contributed by atoms with Gasteiger partial charge in [0.25, 0.3) is 0 Å². The summed E-state index contributed by atoms with van der Waals surface area (Å²) in [6.45, 7) is 3.99. The number of aliphatic hydroxyl groups is 1. The van der Waals surface area contributed by atoms with Crippen LogP contribution in [0.1, 0.15) is 117 Å². The van der Waals surface area contributed by atoms with Crippen molar-refractivity contribution in [2.24, 2.45) is 0 Å². The van der Waals surface area contributed by atoms with Crippen LogP contribution in [0, 0.1) is 0 Å². The summed E-state index contributed by atoms with van der Waals surface area (Å²) >= 11 is 0. The molecule has 0 saturated heterocycles. The molecule has 0 unspecified atom stereocenters. The van der Waals surface area contributed by atoms with Crippen LogP contribution in [0.2, 0.25) is 0 Å². The zero-order valence-corrected chi connectivity index (χ0v) is 18.5. The number of hydrogen-bond acceptors (Lipinski definition) is 3. The molecule has 0 heterocycles. The molecule has 0 radical (unpaired) electrons. The van der Waals surface area contributed by atoms with Gasteiger partial charge in [-0.05, 0) is 25.3 Å². The minimum atomic E-state index is -0.803. The normalized spacial score (nSPS) is 12.4. The molecule has 0 saturated carbocycles. The Morgan fingerprint density at radius 3 is 1.82 bits per heavy atom. The van der Waals surface area contributed by atoms with Crippen LogP contribution in [-0.4, -0.2) is 29.4 Å². The first-order valence-electron chi connectivity index (χ1n) is 11.8. The van der Waals surface area contributed by atoms with E-state index in [0.29, 0.717) is 6.42 Å². The third-order valence-electron chi connectivity index (χ3n) is 5.13. The van der Waals surface area contributed by atoms with Crippen LogP contribution in [0.25, 0.3) is 0 Å². The van der Waals surface area contributed by atoms with Gasteiger partial charge in [-0.15, -0.1) is 0 Å². The number of ketones is 1. The zero-order chi connectivity index (χ0) is 20.9. The number of amides is 1. The van der Waals surface area contributed by atoms with Crippen molar-refractivity contribution >= 4 is 11.7 Å². The van der Waals surface area contributed by atoms with Crippen LogP contribution < -0.4 is 5.32 Å². The number of carbonyl (C=O) groups excluding carboxylic acids is 2. The van der Waals surface area contributed by atoms with E-state index < -0.39 is 6.04 Å². The fraction of sp³-hybridized carbons (Fsp3) is 0.833. The largest absolute Gasteiger partial charge is 0.394 e. The Balaban J connectivity index is 3.68. The predicted molar refractivity (Wildman–Crippen MR) is 118 cm³/mol. The molecule has 0 aliphatic rings. The number of allylic oxidation sites excluding steroid dienone is 1. The molecule has 0 spiro atoms. The molecule has 0 bridgehead atoms. The van der Waals surface area contributed by atoms with Gasteiger partial charge in [-0.25, -0.2) is 0 Å². The fourth-order valence-electron chi connectivity index (χ4n) is 3.25. The average Bonchev–Trinajstić information content (AvgIpc) is 2.69. The van der Waals surface area contributed by atoms with Gasteiger partial charge in [-0.3, -0.25) is 9.59 Å². The van der Waals surface area contributed by atoms with Gasteiger partial charge in [0, 0.05) is 6.42 Å². The van der Waals surface area contributed by atoms with E-state index in [1.165, 1.54) is 70.3 Å². The topological polar surface area (TPSA) is 66.4 Å². The standard InChI is InChI=1S/C24H45NO3/c1-3-5-7-8-9-10-11-12-13-14-15-16-18-19-23(27)22(21-26)25-24(28)20-17-6-4-2/h18-19,22,26H,3-17,20-21H2,1-2H3,(H,25,28)/b19-18+/t22-/m0/s1. The summed E-state index contributed by atoms with van der Waals surface area (Å²) in [6, 6.07) is -0.803. The Labute approximate surface area is 173 Å². The van der Waals surface area contributed by atoms with Gasteiger partial charge in [-0.2, -0.15) is 0 Å². The molecular formula is C24H45NO3. The first-order valence-corrected chi connectivity index (χ1v) is 11.8. The third kappa shape index (κ3) is 17.0. The van der Waals surface area contributed by atoms with Gasteiger partial charge in [0.1, 0.15) is 6.04 Å². The molecule has 4 nitrogen and oxygen atoms in total. The molecule has 0 aliphatic carbocycles. The molecule has 28 heavy (non-hydrogen) atoms. The molecule has 0 aromatic carbocycles. The summed E-state index contributed by atoms with van der Waals surface area (Å²) in [4.78, 5) is 23.9. The first kappa shape index (κ1) is 26.8. The third-order valence-corrected chi connectivity index (χ3v) is 5.13. The monoisotopic (exact) mass is 395 g/mol. The highest BCUT2D eigenvalue weighted by Gasteiger charge is 2.16. The van der Waals surface area contributed by atoms with E-state index in [1.807, 2.05) is 6.08 Å². The quantitative estimate of drug-likeness (QED) is 0.200. The number of hydrogen-bond donors (Lipinski definition) is 2. The predicted octanol–water partition coefficient (Wildman–Crippen LogP) is 5.87. The van der Waals surface area contributed by atoms with Gasteiger partial charge in [0.15, 0.2) is 5.78 Å². The van der Waals surface area contributed by atoms with E-state index in [2.05, 4.69) is 19.2 Å². The van der Waals surface area contributed by atoms with E-state index in [-0.39, 0.29) is 18.3 Å². The van der Waals surface area contributed by atoms with Crippen LogP contribution in [0.4, 0.5) is 0 Å². The lowest BCUT2D eigenvalue weighted by atomic mass is 10.0. The summed E-state index contributed by atoms with van der Waals surface area (Å²) in [6.07, 6.45) is 22.0. The van der Waals surface area contributed by atoms with Crippen LogP contribution in [-0.2, 0) is 9.59 Å². The number of unbranched alkanes of at least 4 members (excludes halogenated alkanes) is 13. The van der Waals surface area contributed by atoms with Gasteiger partial charge in [0.05, 0.1) is 6.61 Å². The lowest BCUT2D eigenvalue weighted by Crippen LogP contribution is -2.42. The van der Waals surface area contributed by atoms with Crippen molar-refractivity contribution in [1.29, 1.82) is 0 Å². The summed E-state index contributed by atoms with van der Waals surface area (Å²) in [5.41, 5.74) is 0. The van der Waals surface area contributed by atoms with Crippen molar-refractivity contribution in [2.45, 2.75) is 123 Å². The molecule has 164 valence electrons. The van der Waals surface area contributed by atoms with E-state index in [1.54, 1.807) is 0 Å². The van der Waals surface area contributed by atoms with Crippen LogP contribution in [0.5, 0.6) is 0 Å². The highest BCUT2D eigenvalue weighted by atomic mass is 16.3. The Hall–Kier alpha value is -1.16. The second-order valence-corrected chi connectivity index (χ2v) is 7.89. The zero-order valence-electron chi connectivity index (χ0n) is 18.5. The molecule has 1 amide bonds. The first-order chi connectivity index (χ1) is 13.7. The molecule has 0 aliphatic heterocycles. The van der Waals surface area contributed by atoms with E-state index in [4.69, 9.17) is 0 Å². The van der Waals surface area contributed by atoms with Crippen molar-refractivity contribution in [3.63, 3.8) is 0 Å². The number of nitrogens with one attached hydrogen (secondary N) is 1. The van der Waals surface area contributed by atoms with Crippen molar-refractivity contribution < 1.29 is 14.7 Å². The Bertz CT molecular complexity index is 407. The molecule has 0 rings (SSSR count).